The summed E-state index contributed by atoms with van der Waals surface area (Å²) < 4.78 is 0. The molecule has 0 bridgehead atoms. The van der Waals surface area contributed by atoms with Gasteiger partial charge in [0.1, 0.15) is 6.04 Å². The first-order valence-corrected chi connectivity index (χ1v) is 8.76. The Kier molecular flexibility index (Phi) is 8.01. The number of carbonyl (C=O) groups excluding carboxylic acids is 2. The van der Waals surface area contributed by atoms with Gasteiger partial charge in [-0.1, -0.05) is 27.7 Å². The number of hydrogen-bond acceptors (Lipinski definition) is 3. The number of likely N-dealkylation sites (tertiary alicyclic amines) is 1. The van der Waals surface area contributed by atoms with Gasteiger partial charge in [0.25, 0.3) is 0 Å². The quantitative estimate of drug-likeness (QED) is 0.656. The molecule has 2 unspecified atom stereocenters. The van der Waals surface area contributed by atoms with Gasteiger partial charge in [0.15, 0.2) is 0 Å². The van der Waals surface area contributed by atoms with E-state index in [2.05, 4.69) is 10.6 Å². The van der Waals surface area contributed by atoms with Crippen molar-refractivity contribution in [2.45, 2.75) is 53.0 Å². The van der Waals surface area contributed by atoms with Crippen LogP contribution in [-0.4, -0.2) is 53.6 Å². The zero-order chi connectivity index (χ0) is 18.3. The third-order valence-corrected chi connectivity index (χ3v) is 4.06. The predicted molar refractivity (Wildman–Crippen MR) is 91.6 cm³/mol. The lowest BCUT2D eigenvalue weighted by atomic mass is 9.96. The third-order valence-electron chi connectivity index (χ3n) is 4.06. The molecule has 1 rings (SSSR count). The Balaban J connectivity index is 2.57. The fourth-order valence-electron chi connectivity index (χ4n) is 2.76. The van der Waals surface area contributed by atoms with Gasteiger partial charge in [0.05, 0.1) is 5.92 Å². The normalized spacial score (nSPS) is 19.2. The van der Waals surface area contributed by atoms with Crippen LogP contribution in [-0.2, 0) is 9.59 Å². The summed E-state index contributed by atoms with van der Waals surface area (Å²) in [5.41, 5.74) is 0. The molecule has 0 spiro atoms. The van der Waals surface area contributed by atoms with Gasteiger partial charge in [-0.05, 0) is 31.1 Å². The first-order chi connectivity index (χ1) is 11.2. The summed E-state index contributed by atoms with van der Waals surface area (Å²) in [6.45, 7) is 9.45. The largest absolute Gasteiger partial charge is 0.480 e. The topological polar surface area (TPSA) is 98.7 Å². The van der Waals surface area contributed by atoms with Gasteiger partial charge in [-0.3, -0.25) is 4.79 Å². The molecule has 138 valence electrons. The Labute approximate surface area is 144 Å². The van der Waals surface area contributed by atoms with Crippen molar-refractivity contribution in [3.63, 3.8) is 0 Å². The molecule has 1 heterocycles. The first-order valence-electron chi connectivity index (χ1n) is 8.76. The molecule has 1 aliphatic rings. The molecule has 2 atom stereocenters. The summed E-state index contributed by atoms with van der Waals surface area (Å²) in [5, 5.41) is 14.7. The van der Waals surface area contributed by atoms with Crippen LogP contribution in [0.5, 0.6) is 0 Å². The molecule has 0 aliphatic carbocycles. The van der Waals surface area contributed by atoms with Gasteiger partial charge in [-0.15, -0.1) is 0 Å². The second kappa shape index (κ2) is 9.49. The van der Waals surface area contributed by atoms with Crippen LogP contribution >= 0.6 is 0 Å². The molecule has 0 aromatic heterocycles. The number of carbonyl (C=O) groups is 3. The zero-order valence-corrected chi connectivity index (χ0v) is 15.2. The maximum atomic E-state index is 12.4. The summed E-state index contributed by atoms with van der Waals surface area (Å²) in [6.07, 6.45) is 1.81. The van der Waals surface area contributed by atoms with Gasteiger partial charge < -0.3 is 20.6 Å². The number of carboxylic acid groups (broad SMARTS) is 1. The number of aliphatic carboxylic acids is 1. The van der Waals surface area contributed by atoms with Crippen molar-refractivity contribution in [2.75, 3.05) is 19.6 Å². The van der Waals surface area contributed by atoms with E-state index in [1.54, 1.807) is 4.90 Å². The van der Waals surface area contributed by atoms with Crippen molar-refractivity contribution in [3.05, 3.63) is 0 Å². The molecular weight excluding hydrogens is 310 g/mol. The maximum absolute atomic E-state index is 12.4. The highest BCUT2D eigenvalue weighted by Crippen LogP contribution is 2.17. The van der Waals surface area contributed by atoms with E-state index in [0.717, 1.165) is 6.42 Å². The summed E-state index contributed by atoms with van der Waals surface area (Å²) in [4.78, 5) is 37.5. The minimum absolute atomic E-state index is 0.154. The second-order valence-electron chi connectivity index (χ2n) is 7.39. The summed E-state index contributed by atoms with van der Waals surface area (Å²) in [6, 6.07) is -1.03. The summed E-state index contributed by atoms with van der Waals surface area (Å²) >= 11 is 0. The molecule has 0 aromatic carbocycles. The van der Waals surface area contributed by atoms with Gasteiger partial charge in [-0.25, -0.2) is 9.59 Å². The fourth-order valence-corrected chi connectivity index (χ4v) is 2.76. The molecule has 1 fully saturated rings. The fraction of sp³-hybridized carbons (Fsp3) is 0.824. The molecular formula is C17H31N3O4. The van der Waals surface area contributed by atoms with Crippen molar-refractivity contribution in [3.8, 4) is 0 Å². The standard InChI is InChI=1S/C17H31N3O4/c1-11(2)8-14(16(22)23)19-15(21)13-6-5-7-20(10-13)17(24)18-9-12(3)4/h11-14H,5-10H2,1-4H3,(H,18,24)(H,19,21)(H,22,23). The van der Waals surface area contributed by atoms with Crippen molar-refractivity contribution in [1.29, 1.82) is 0 Å². The van der Waals surface area contributed by atoms with Crippen LogP contribution in [0.1, 0.15) is 47.0 Å². The van der Waals surface area contributed by atoms with E-state index in [1.807, 2.05) is 27.7 Å². The molecule has 3 amide bonds. The monoisotopic (exact) mass is 341 g/mol. The Bertz CT molecular complexity index is 451. The Morgan fingerprint density at radius 2 is 1.83 bits per heavy atom. The lowest BCUT2D eigenvalue weighted by Gasteiger charge is -2.33. The van der Waals surface area contributed by atoms with Crippen LogP contribution in [0.3, 0.4) is 0 Å². The maximum Gasteiger partial charge on any atom is 0.326 e. The van der Waals surface area contributed by atoms with Gasteiger partial charge in [-0.2, -0.15) is 0 Å². The highest BCUT2D eigenvalue weighted by molar-refractivity contribution is 5.85. The molecule has 3 N–H and O–H groups in total. The zero-order valence-electron chi connectivity index (χ0n) is 15.2. The minimum atomic E-state index is -1.01. The van der Waals surface area contributed by atoms with E-state index in [1.165, 1.54) is 0 Å². The first kappa shape index (κ1) is 20.3. The average Bonchev–Trinajstić information content (AvgIpc) is 2.51. The highest BCUT2D eigenvalue weighted by atomic mass is 16.4. The van der Waals surface area contributed by atoms with Crippen LogP contribution in [0, 0.1) is 17.8 Å². The van der Waals surface area contributed by atoms with E-state index in [9.17, 15) is 19.5 Å². The average molecular weight is 341 g/mol. The van der Waals surface area contributed by atoms with Crippen LogP contribution in [0.25, 0.3) is 0 Å². The highest BCUT2D eigenvalue weighted by Gasteiger charge is 2.31. The third kappa shape index (κ3) is 6.76. The number of carboxylic acids is 1. The second-order valence-corrected chi connectivity index (χ2v) is 7.39. The molecule has 1 aliphatic heterocycles. The van der Waals surface area contributed by atoms with Crippen LogP contribution in [0.4, 0.5) is 4.79 Å². The molecule has 7 heteroatoms. The number of piperidine rings is 1. The smallest absolute Gasteiger partial charge is 0.326 e. The van der Waals surface area contributed by atoms with Gasteiger partial charge in [0.2, 0.25) is 5.91 Å². The summed E-state index contributed by atoms with van der Waals surface area (Å²) in [5.74, 6) is -1.09. The van der Waals surface area contributed by atoms with Crippen molar-refractivity contribution in [1.82, 2.24) is 15.5 Å². The SMILES string of the molecule is CC(C)CNC(=O)N1CCCC(C(=O)NC(CC(C)C)C(=O)O)C1. The number of hydrogen-bond donors (Lipinski definition) is 3. The molecule has 0 aromatic rings. The van der Waals surface area contributed by atoms with E-state index in [-0.39, 0.29) is 23.8 Å². The Morgan fingerprint density at radius 1 is 1.17 bits per heavy atom. The Morgan fingerprint density at radius 3 is 2.38 bits per heavy atom. The van der Waals surface area contributed by atoms with E-state index >= 15 is 0 Å². The lowest BCUT2D eigenvalue weighted by Crippen LogP contribution is -2.51. The van der Waals surface area contributed by atoms with Crippen molar-refractivity contribution >= 4 is 17.9 Å². The van der Waals surface area contributed by atoms with E-state index < -0.39 is 12.0 Å². The molecule has 24 heavy (non-hydrogen) atoms. The lowest BCUT2D eigenvalue weighted by molar-refractivity contribution is -0.143. The molecule has 1 saturated heterocycles. The van der Waals surface area contributed by atoms with E-state index in [0.29, 0.717) is 38.4 Å². The van der Waals surface area contributed by atoms with Crippen molar-refractivity contribution in [2.24, 2.45) is 17.8 Å². The van der Waals surface area contributed by atoms with Crippen molar-refractivity contribution < 1.29 is 19.5 Å². The van der Waals surface area contributed by atoms with Crippen LogP contribution in [0.2, 0.25) is 0 Å². The van der Waals surface area contributed by atoms with Gasteiger partial charge in [0, 0.05) is 19.6 Å². The number of nitrogens with one attached hydrogen (secondary N) is 2. The van der Waals surface area contributed by atoms with E-state index in [4.69, 9.17) is 0 Å². The van der Waals surface area contributed by atoms with Crippen LogP contribution in [0.15, 0.2) is 0 Å². The molecule has 0 radical (unpaired) electrons. The number of rotatable bonds is 7. The minimum Gasteiger partial charge on any atom is -0.480 e. The predicted octanol–water partition coefficient (Wildman–Crippen LogP) is 1.68. The number of nitrogens with zero attached hydrogens (tertiary/aromatic N) is 1. The van der Waals surface area contributed by atoms with Gasteiger partial charge >= 0.3 is 12.0 Å². The molecule has 7 nitrogen and oxygen atoms in total. The number of amides is 3. The number of urea groups is 1. The summed E-state index contributed by atoms with van der Waals surface area (Å²) in [7, 11) is 0. The Hall–Kier alpha value is -1.79. The van der Waals surface area contributed by atoms with Crippen LogP contribution < -0.4 is 10.6 Å². The molecule has 0 saturated carbocycles.